The van der Waals surface area contributed by atoms with Crippen molar-refractivity contribution < 1.29 is 4.79 Å². The fourth-order valence-corrected chi connectivity index (χ4v) is 4.52. The first-order chi connectivity index (χ1) is 15.6. The number of fused-ring (bicyclic) bond motifs is 1. The summed E-state index contributed by atoms with van der Waals surface area (Å²) < 4.78 is 0. The second-order valence-corrected chi connectivity index (χ2v) is 8.89. The lowest BCUT2D eigenvalue weighted by Gasteiger charge is -2.26. The number of aromatic nitrogens is 1. The third-order valence-corrected chi connectivity index (χ3v) is 6.46. The van der Waals surface area contributed by atoms with Crippen molar-refractivity contribution in [1.29, 1.82) is 0 Å². The molecule has 0 aliphatic rings. The molecular formula is C29H32N2O. The molecule has 4 aromatic rings. The van der Waals surface area contributed by atoms with Crippen LogP contribution in [0.2, 0.25) is 0 Å². The Kier molecular flexibility index (Phi) is 7.06. The predicted molar refractivity (Wildman–Crippen MR) is 133 cm³/mol. The summed E-state index contributed by atoms with van der Waals surface area (Å²) in [6, 6.07) is 29.5. The zero-order valence-electron chi connectivity index (χ0n) is 18.9. The summed E-state index contributed by atoms with van der Waals surface area (Å²) in [6.45, 7) is 4.93. The van der Waals surface area contributed by atoms with Crippen LogP contribution < -0.4 is 5.32 Å². The Morgan fingerprint density at radius 2 is 1.50 bits per heavy atom. The second kappa shape index (κ2) is 10.3. The molecule has 1 amide bonds. The Labute approximate surface area is 190 Å². The Balaban J connectivity index is 1.39. The number of rotatable bonds is 9. The maximum absolute atomic E-state index is 12.9. The van der Waals surface area contributed by atoms with Gasteiger partial charge >= 0.3 is 0 Å². The van der Waals surface area contributed by atoms with E-state index in [0.29, 0.717) is 18.4 Å². The van der Waals surface area contributed by atoms with E-state index >= 15 is 0 Å². The van der Waals surface area contributed by atoms with Gasteiger partial charge in [0.15, 0.2) is 0 Å². The molecule has 164 valence electrons. The van der Waals surface area contributed by atoms with E-state index < -0.39 is 0 Å². The lowest BCUT2D eigenvalue weighted by atomic mass is 9.82. The average Bonchev–Trinajstić information content (AvgIpc) is 3.24. The fraction of sp³-hybridized carbons (Fsp3) is 0.276. The van der Waals surface area contributed by atoms with E-state index in [1.807, 2.05) is 25.3 Å². The smallest absolute Gasteiger partial charge is 0.223 e. The molecule has 0 bridgehead atoms. The Morgan fingerprint density at radius 1 is 0.844 bits per heavy atom. The summed E-state index contributed by atoms with van der Waals surface area (Å²) in [6.07, 6.45) is 3.73. The first kappa shape index (κ1) is 21.9. The van der Waals surface area contributed by atoms with Gasteiger partial charge in [-0.15, -0.1) is 0 Å². The maximum atomic E-state index is 12.9. The van der Waals surface area contributed by atoms with Gasteiger partial charge in [-0.3, -0.25) is 4.79 Å². The molecule has 1 heterocycles. The minimum Gasteiger partial charge on any atom is -0.361 e. The molecule has 3 heteroatoms. The van der Waals surface area contributed by atoms with Crippen LogP contribution in [0.1, 0.15) is 36.5 Å². The number of hydrogen-bond acceptors (Lipinski definition) is 1. The fourth-order valence-electron chi connectivity index (χ4n) is 4.52. The van der Waals surface area contributed by atoms with Gasteiger partial charge in [0.2, 0.25) is 5.91 Å². The molecule has 1 aromatic heterocycles. The van der Waals surface area contributed by atoms with Gasteiger partial charge < -0.3 is 10.3 Å². The quantitative estimate of drug-likeness (QED) is 0.334. The van der Waals surface area contributed by atoms with Crippen LogP contribution in [0.4, 0.5) is 0 Å². The van der Waals surface area contributed by atoms with E-state index in [-0.39, 0.29) is 11.8 Å². The number of carbonyl (C=O) groups is 1. The summed E-state index contributed by atoms with van der Waals surface area (Å²) in [5.41, 5.74) is 4.97. The van der Waals surface area contributed by atoms with Gasteiger partial charge in [-0.05, 0) is 47.4 Å². The van der Waals surface area contributed by atoms with E-state index in [4.69, 9.17) is 0 Å². The Morgan fingerprint density at radius 3 is 2.25 bits per heavy atom. The number of para-hydroxylation sites is 1. The van der Waals surface area contributed by atoms with E-state index in [0.717, 1.165) is 18.4 Å². The number of nitrogens with one attached hydrogen (secondary N) is 2. The monoisotopic (exact) mass is 424 g/mol. The minimum atomic E-state index is -0.0781. The summed E-state index contributed by atoms with van der Waals surface area (Å²) in [4.78, 5) is 16.2. The molecule has 4 rings (SSSR count). The summed E-state index contributed by atoms with van der Waals surface area (Å²) >= 11 is 0. The van der Waals surface area contributed by atoms with Crippen LogP contribution in [0, 0.1) is 11.8 Å². The van der Waals surface area contributed by atoms with Gasteiger partial charge in [0.25, 0.3) is 0 Å². The molecule has 0 aliphatic carbocycles. The highest BCUT2D eigenvalue weighted by Gasteiger charge is 2.22. The van der Waals surface area contributed by atoms with Crippen molar-refractivity contribution in [2.75, 3.05) is 6.54 Å². The summed E-state index contributed by atoms with van der Waals surface area (Å²) in [5.74, 6) is 0.712. The third-order valence-electron chi connectivity index (χ3n) is 6.46. The van der Waals surface area contributed by atoms with Crippen LogP contribution in [-0.4, -0.2) is 17.4 Å². The SMILES string of the molecule is CC(Cc1c[nH]c2ccccc12)C(=O)NCC(C)C(Cc1ccccc1)c1ccccc1. The molecule has 0 fully saturated rings. The van der Waals surface area contributed by atoms with Gasteiger partial charge in [-0.25, -0.2) is 0 Å². The largest absolute Gasteiger partial charge is 0.361 e. The highest BCUT2D eigenvalue weighted by Crippen LogP contribution is 2.28. The van der Waals surface area contributed by atoms with Gasteiger partial charge in [0.05, 0.1) is 0 Å². The first-order valence-corrected chi connectivity index (χ1v) is 11.5. The van der Waals surface area contributed by atoms with Crippen LogP contribution >= 0.6 is 0 Å². The van der Waals surface area contributed by atoms with Crippen molar-refractivity contribution in [3.8, 4) is 0 Å². The number of benzene rings is 3. The standard InChI is InChI=1S/C29H32N2O/c1-21(17-25-20-30-28-16-10-9-15-26(25)28)29(32)31-19-22(2)27(24-13-7-4-8-14-24)18-23-11-5-3-6-12-23/h3-16,20-22,27,30H,17-19H2,1-2H3,(H,31,32). The summed E-state index contributed by atoms with van der Waals surface area (Å²) in [7, 11) is 0. The normalized spacial score (nSPS) is 14.1. The molecule has 0 spiro atoms. The van der Waals surface area contributed by atoms with Crippen LogP contribution in [0.3, 0.4) is 0 Å². The van der Waals surface area contributed by atoms with Crippen molar-refractivity contribution in [1.82, 2.24) is 10.3 Å². The lowest BCUT2D eigenvalue weighted by Crippen LogP contribution is -2.35. The zero-order chi connectivity index (χ0) is 22.3. The molecule has 0 saturated heterocycles. The van der Waals surface area contributed by atoms with Gasteiger partial charge in [0.1, 0.15) is 0 Å². The highest BCUT2D eigenvalue weighted by molar-refractivity contribution is 5.84. The van der Waals surface area contributed by atoms with E-state index in [9.17, 15) is 4.79 Å². The molecule has 3 nitrogen and oxygen atoms in total. The van der Waals surface area contributed by atoms with Gasteiger partial charge in [-0.1, -0.05) is 92.7 Å². The van der Waals surface area contributed by atoms with Crippen molar-refractivity contribution in [2.45, 2.75) is 32.6 Å². The van der Waals surface area contributed by atoms with Crippen LogP contribution in [0.25, 0.3) is 10.9 Å². The third kappa shape index (κ3) is 5.28. The average molecular weight is 425 g/mol. The maximum Gasteiger partial charge on any atom is 0.223 e. The van der Waals surface area contributed by atoms with E-state index in [1.165, 1.54) is 22.1 Å². The second-order valence-electron chi connectivity index (χ2n) is 8.89. The Bertz CT molecular complexity index is 1130. The van der Waals surface area contributed by atoms with Crippen molar-refractivity contribution in [3.05, 3.63) is 108 Å². The van der Waals surface area contributed by atoms with Crippen LogP contribution in [0.15, 0.2) is 91.1 Å². The molecule has 3 unspecified atom stereocenters. The van der Waals surface area contributed by atoms with Gasteiger partial charge in [-0.2, -0.15) is 0 Å². The number of carbonyl (C=O) groups excluding carboxylic acids is 1. The topological polar surface area (TPSA) is 44.9 Å². The molecular weight excluding hydrogens is 392 g/mol. The van der Waals surface area contributed by atoms with E-state index in [1.54, 1.807) is 0 Å². The van der Waals surface area contributed by atoms with Crippen molar-refractivity contribution in [3.63, 3.8) is 0 Å². The van der Waals surface area contributed by atoms with Gasteiger partial charge in [0, 0.05) is 29.6 Å². The van der Waals surface area contributed by atoms with Crippen molar-refractivity contribution in [2.24, 2.45) is 11.8 Å². The number of hydrogen-bond donors (Lipinski definition) is 2. The Hall–Kier alpha value is -3.33. The summed E-state index contributed by atoms with van der Waals surface area (Å²) in [5, 5.41) is 4.43. The van der Waals surface area contributed by atoms with Crippen LogP contribution in [0.5, 0.6) is 0 Å². The number of aromatic amines is 1. The number of H-pyrrole nitrogens is 1. The van der Waals surface area contributed by atoms with E-state index in [2.05, 4.69) is 90.0 Å². The minimum absolute atomic E-state index is 0.0781. The lowest BCUT2D eigenvalue weighted by molar-refractivity contribution is -0.124. The first-order valence-electron chi connectivity index (χ1n) is 11.5. The highest BCUT2D eigenvalue weighted by atomic mass is 16.1. The van der Waals surface area contributed by atoms with Crippen LogP contribution in [-0.2, 0) is 17.6 Å². The molecule has 2 N–H and O–H groups in total. The molecule has 3 atom stereocenters. The molecule has 32 heavy (non-hydrogen) atoms. The molecule has 3 aromatic carbocycles. The molecule has 0 saturated carbocycles. The van der Waals surface area contributed by atoms with Crippen molar-refractivity contribution >= 4 is 16.8 Å². The molecule has 0 aliphatic heterocycles. The number of amides is 1. The predicted octanol–water partition coefficient (Wildman–Crippen LogP) is 6.13. The molecule has 0 radical (unpaired) electrons. The zero-order valence-corrected chi connectivity index (χ0v) is 18.9.